The lowest BCUT2D eigenvalue weighted by Gasteiger charge is -2.47. The molecule has 0 saturated heterocycles. The molecule has 4 atom stereocenters. The highest BCUT2D eigenvalue weighted by molar-refractivity contribution is 6.30. The number of hydrogen-bond acceptors (Lipinski definition) is 9. The van der Waals surface area contributed by atoms with Gasteiger partial charge in [0, 0.05) is 47.7 Å². The molecule has 308 valence electrons. The molecular formula is C47H57ClN4O6. The zero-order valence-electron chi connectivity index (χ0n) is 34.3. The summed E-state index contributed by atoms with van der Waals surface area (Å²) < 4.78 is 25.2. The number of methoxy groups -OCH3 is 1. The molecule has 8 rings (SSSR count). The highest BCUT2D eigenvalue weighted by Gasteiger charge is 2.54. The van der Waals surface area contributed by atoms with E-state index in [0.29, 0.717) is 56.0 Å². The third-order valence-corrected chi connectivity index (χ3v) is 13.6. The van der Waals surface area contributed by atoms with Gasteiger partial charge in [-0.05, 0) is 148 Å². The number of carboxylic acid groups (broad SMARTS) is 1. The molecule has 3 heterocycles. The summed E-state index contributed by atoms with van der Waals surface area (Å²) in [4.78, 5) is 24.6. The van der Waals surface area contributed by atoms with Crippen LogP contribution in [0.1, 0.15) is 99.2 Å². The normalized spacial score (nSPS) is 25.4. The summed E-state index contributed by atoms with van der Waals surface area (Å²) in [6, 6.07) is 17.8. The van der Waals surface area contributed by atoms with Crippen molar-refractivity contribution in [1.29, 1.82) is 0 Å². The molecule has 58 heavy (non-hydrogen) atoms. The Morgan fingerprint density at radius 1 is 1.09 bits per heavy atom. The number of anilines is 1. The average Bonchev–Trinajstić information content (AvgIpc) is 3.33. The molecule has 10 nitrogen and oxygen atoms in total. The fraction of sp³-hybridized carbons (Fsp3) is 0.511. The van der Waals surface area contributed by atoms with Crippen molar-refractivity contribution in [1.82, 2.24) is 14.9 Å². The summed E-state index contributed by atoms with van der Waals surface area (Å²) in [6.07, 6.45) is 12.0. The van der Waals surface area contributed by atoms with Crippen molar-refractivity contribution in [3.8, 4) is 23.0 Å². The molecule has 4 aromatic rings. The monoisotopic (exact) mass is 808 g/mol. The third-order valence-electron chi connectivity index (χ3n) is 13.3. The van der Waals surface area contributed by atoms with Crippen molar-refractivity contribution in [2.45, 2.75) is 108 Å². The van der Waals surface area contributed by atoms with E-state index >= 15 is 0 Å². The molecule has 1 saturated carbocycles. The Bertz CT molecular complexity index is 2090. The van der Waals surface area contributed by atoms with Crippen LogP contribution < -0.4 is 24.3 Å². The van der Waals surface area contributed by atoms with Gasteiger partial charge >= 0.3 is 5.97 Å². The average molecular weight is 809 g/mol. The molecule has 2 unspecified atom stereocenters. The number of aromatic nitrogens is 2. The number of halogens is 1. The number of benzene rings is 2. The number of pyridine rings is 2. The zero-order chi connectivity index (χ0) is 40.4. The minimum atomic E-state index is -1.10. The summed E-state index contributed by atoms with van der Waals surface area (Å²) in [5, 5.41) is 14.8. The smallest absolute Gasteiger partial charge is 0.329 e. The minimum absolute atomic E-state index is 0.0672. The summed E-state index contributed by atoms with van der Waals surface area (Å²) >= 11 is 6.34. The number of aryl methyl sites for hydroxylation is 1. The van der Waals surface area contributed by atoms with Crippen LogP contribution in [0.3, 0.4) is 0 Å². The Morgan fingerprint density at radius 3 is 2.69 bits per heavy atom. The SMILES string of the molecule is COc1ccc(CN(C)CC2CCOc3cc4c(cc3O2)C2(CCC(Nc3cccc(Cl)c3)(C(=O)O)CC2)C(C[C@@H](C)COc2ccnc3c2[C@H](C)CCC3)C4)nc1. The number of hydrogen-bond donors (Lipinski definition) is 2. The van der Waals surface area contributed by atoms with E-state index in [1.54, 1.807) is 25.4 Å². The number of carboxylic acids is 1. The molecule has 0 bridgehead atoms. The third kappa shape index (κ3) is 8.32. The predicted molar refractivity (Wildman–Crippen MR) is 226 cm³/mol. The summed E-state index contributed by atoms with van der Waals surface area (Å²) in [6.45, 7) is 7.17. The Hall–Kier alpha value is -4.54. The highest BCUT2D eigenvalue weighted by atomic mass is 35.5. The lowest BCUT2D eigenvalue weighted by molar-refractivity contribution is -0.144. The van der Waals surface area contributed by atoms with Crippen LogP contribution in [-0.4, -0.2) is 71.5 Å². The molecule has 2 aromatic heterocycles. The largest absolute Gasteiger partial charge is 0.495 e. The van der Waals surface area contributed by atoms with Gasteiger partial charge in [-0.2, -0.15) is 0 Å². The number of aliphatic carboxylic acids is 1. The highest BCUT2D eigenvalue weighted by Crippen LogP contribution is 2.58. The molecule has 1 fully saturated rings. The standard InChI is InChI=1S/C47H57ClN4O6/c1-30(29-57-41-13-19-49-40-10-5-7-31(2)44(40)41)21-33-22-32-23-42-43(58-38(14-20-56-42)28-52(3)27-36-11-12-37(55-4)26-50-36)25-39(32)46(33)15-17-47(18-16-46,45(53)54)51-35-9-6-8-34(48)24-35/h6,8-9,11-13,19,23-26,30-31,33,38,51H,5,7,10,14-18,20-22,27-29H2,1-4H3,(H,53,54)/t30-,31-,33?,38?,46?,47?/m1/s1. The first-order valence-electron chi connectivity index (χ1n) is 21.1. The van der Waals surface area contributed by atoms with E-state index in [4.69, 9.17) is 35.5 Å². The second-order valence-electron chi connectivity index (χ2n) is 17.4. The van der Waals surface area contributed by atoms with Crippen molar-refractivity contribution in [2.24, 2.45) is 11.8 Å². The first-order valence-corrected chi connectivity index (χ1v) is 21.4. The van der Waals surface area contributed by atoms with Crippen LogP contribution in [0.15, 0.2) is 67.0 Å². The summed E-state index contributed by atoms with van der Waals surface area (Å²) in [5.41, 5.74) is 5.38. The fourth-order valence-electron chi connectivity index (χ4n) is 10.3. The second kappa shape index (κ2) is 17.0. The fourth-order valence-corrected chi connectivity index (χ4v) is 10.5. The van der Waals surface area contributed by atoms with Crippen molar-refractivity contribution < 1.29 is 28.8 Å². The zero-order valence-corrected chi connectivity index (χ0v) is 35.0. The van der Waals surface area contributed by atoms with E-state index in [-0.39, 0.29) is 17.4 Å². The van der Waals surface area contributed by atoms with Crippen LogP contribution in [0, 0.1) is 11.8 Å². The van der Waals surface area contributed by atoms with E-state index in [2.05, 4.69) is 48.2 Å². The molecule has 1 aliphatic heterocycles. The molecule has 3 aliphatic carbocycles. The van der Waals surface area contributed by atoms with Gasteiger partial charge in [-0.1, -0.05) is 31.5 Å². The Labute approximate surface area is 347 Å². The van der Waals surface area contributed by atoms with Crippen LogP contribution in [0.25, 0.3) is 0 Å². The molecule has 0 amide bonds. The Kier molecular flexibility index (Phi) is 11.8. The molecule has 2 N–H and O–H groups in total. The quantitative estimate of drug-likeness (QED) is 0.136. The van der Waals surface area contributed by atoms with Crippen molar-refractivity contribution in [3.05, 3.63) is 100 Å². The lowest BCUT2D eigenvalue weighted by Crippen LogP contribution is -2.53. The number of carbonyl (C=O) groups is 1. The van der Waals surface area contributed by atoms with Crippen LogP contribution in [0.5, 0.6) is 23.0 Å². The maximum absolute atomic E-state index is 13.2. The van der Waals surface area contributed by atoms with Crippen molar-refractivity contribution >= 4 is 23.3 Å². The van der Waals surface area contributed by atoms with Crippen LogP contribution in [-0.2, 0) is 29.6 Å². The number of ether oxygens (including phenoxy) is 4. The summed E-state index contributed by atoms with van der Waals surface area (Å²) in [5.74, 6) is 3.48. The van der Waals surface area contributed by atoms with Gasteiger partial charge in [0.1, 0.15) is 23.1 Å². The molecule has 0 radical (unpaired) electrons. The van der Waals surface area contributed by atoms with Gasteiger partial charge in [-0.15, -0.1) is 0 Å². The Balaban J connectivity index is 1.04. The van der Waals surface area contributed by atoms with E-state index in [9.17, 15) is 9.90 Å². The van der Waals surface area contributed by atoms with Gasteiger partial charge in [0.05, 0.1) is 32.2 Å². The van der Waals surface area contributed by atoms with Crippen LogP contribution in [0.4, 0.5) is 5.69 Å². The molecule has 1 spiro atoms. The van der Waals surface area contributed by atoms with E-state index < -0.39 is 11.5 Å². The number of nitrogens with one attached hydrogen (secondary N) is 1. The van der Waals surface area contributed by atoms with Gasteiger partial charge in [0.2, 0.25) is 0 Å². The number of likely N-dealkylation sites (N-methyl/N-ethyl adjacent to an activating group) is 1. The maximum Gasteiger partial charge on any atom is 0.329 e. The molecular weight excluding hydrogens is 752 g/mol. The van der Waals surface area contributed by atoms with Crippen LogP contribution >= 0.6 is 11.6 Å². The first-order chi connectivity index (χ1) is 28.0. The van der Waals surface area contributed by atoms with Crippen molar-refractivity contribution in [2.75, 3.05) is 39.2 Å². The number of fused-ring (bicyclic) bond motifs is 4. The van der Waals surface area contributed by atoms with Gasteiger partial charge in [0.25, 0.3) is 0 Å². The van der Waals surface area contributed by atoms with E-state index in [1.807, 2.05) is 36.5 Å². The van der Waals surface area contributed by atoms with Gasteiger partial charge in [-0.25, -0.2) is 4.79 Å². The maximum atomic E-state index is 13.2. The number of nitrogens with zero attached hydrogens (tertiary/aromatic N) is 3. The molecule has 4 aliphatic rings. The van der Waals surface area contributed by atoms with E-state index in [0.717, 1.165) is 79.3 Å². The van der Waals surface area contributed by atoms with Gasteiger partial charge in [-0.3, -0.25) is 14.9 Å². The topological polar surface area (TPSA) is 115 Å². The Morgan fingerprint density at radius 2 is 1.93 bits per heavy atom. The second-order valence-corrected chi connectivity index (χ2v) is 17.9. The number of rotatable bonds is 13. The van der Waals surface area contributed by atoms with E-state index in [1.165, 1.54) is 28.8 Å². The van der Waals surface area contributed by atoms with Crippen LogP contribution in [0.2, 0.25) is 5.02 Å². The lowest BCUT2D eigenvalue weighted by atomic mass is 9.59. The van der Waals surface area contributed by atoms with Gasteiger partial charge in [0.15, 0.2) is 11.5 Å². The van der Waals surface area contributed by atoms with Crippen molar-refractivity contribution in [3.63, 3.8) is 0 Å². The van der Waals surface area contributed by atoms with Gasteiger partial charge < -0.3 is 29.4 Å². The molecule has 11 heteroatoms. The summed E-state index contributed by atoms with van der Waals surface area (Å²) in [7, 11) is 3.74. The molecule has 2 aromatic carbocycles. The predicted octanol–water partition coefficient (Wildman–Crippen LogP) is 9.27. The minimum Gasteiger partial charge on any atom is -0.495 e. The first kappa shape index (κ1) is 40.2.